The molecule has 112 valence electrons. The van der Waals surface area contributed by atoms with E-state index in [9.17, 15) is 4.79 Å². The fraction of sp³-hybridized carbons (Fsp3) is 0.471. The van der Waals surface area contributed by atoms with Crippen LogP contribution >= 0.6 is 0 Å². The zero-order valence-corrected chi connectivity index (χ0v) is 12.3. The van der Waals surface area contributed by atoms with Gasteiger partial charge in [-0.2, -0.15) is 0 Å². The summed E-state index contributed by atoms with van der Waals surface area (Å²) in [5, 5.41) is 7.65. The summed E-state index contributed by atoms with van der Waals surface area (Å²) in [7, 11) is 0. The molecule has 0 aliphatic carbocycles. The minimum absolute atomic E-state index is 0.159. The third-order valence-electron chi connectivity index (χ3n) is 4.26. The lowest BCUT2D eigenvalue weighted by Crippen LogP contribution is -2.40. The average molecular weight is 285 g/mol. The molecule has 4 heteroatoms. The predicted molar refractivity (Wildman–Crippen MR) is 85.2 cm³/mol. The summed E-state index contributed by atoms with van der Waals surface area (Å²) < 4.78 is 0. The van der Waals surface area contributed by atoms with E-state index in [1.54, 1.807) is 0 Å². The molecule has 2 heterocycles. The van der Waals surface area contributed by atoms with Crippen LogP contribution in [0.1, 0.15) is 24.8 Å². The van der Waals surface area contributed by atoms with Gasteiger partial charge in [0.1, 0.15) is 0 Å². The van der Waals surface area contributed by atoms with E-state index >= 15 is 0 Å². The lowest BCUT2D eigenvalue weighted by molar-refractivity contribution is -0.125. The number of piperidine rings is 1. The number of hydrogen-bond donors (Lipinski definition) is 3. The van der Waals surface area contributed by atoms with Crippen molar-refractivity contribution in [2.24, 2.45) is 5.92 Å². The summed E-state index contributed by atoms with van der Waals surface area (Å²) in [6, 6.07) is 8.35. The van der Waals surface area contributed by atoms with Gasteiger partial charge < -0.3 is 15.6 Å². The number of carbonyl (C=O) groups is 1. The van der Waals surface area contributed by atoms with Crippen molar-refractivity contribution in [3.05, 3.63) is 36.0 Å². The first-order chi connectivity index (χ1) is 10.3. The smallest absolute Gasteiger partial charge is 0.224 e. The van der Waals surface area contributed by atoms with Gasteiger partial charge in [0.25, 0.3) is 0 Å². The number of fused-ring (bicyclic) bond motifs is 1. The van der Waals surface area contributed by atoms with Crippen molar-refractivity contribution in [1.82, 2.24) is 15.6 Å². The Balaban J connectivity index is 1.44. The molecule has 0 radical (unpaired) electrons. The lowest BCUT2D eigenvalue weighted by Gasteiger charge is -2.21. The maximum absolute atomic E-state index is 12.0. The summed E-state index contributed by atoms with van der Waals surface area (Å²) in [4.78, 5) is 15.3. The molecule has 1 fully saturated rings. The van der Waals surface area contributed by atoms with Gasteiger partial charge in [-0.3, -0.25) is 4.79 Å². The fourth-order valence-electron chi connectivity index (χ4n) is 3.05. The summed E-state index contributed by atoms with van der Waals surface area (Å²) in [6.45, 7) is 2.63. The van der Waals surface area contributed by atoms with Gasteiger partial charge in [-0.05, 0) is 43.9 Å². The van der Waals surface area contributed by atoms with Gasteiger partial charge in [0.15, 0.2) is 0 Å². The van der Waals surface area contributed by atoms with Crippen LogP contribution in [0.25, 0.3) is 10.9 Å². The van der Waals surface area contributed by atoms with Crippen LogP contribution in [0, 0.1) is 5.92 Å². The number of benzene rings is 1. The molecule has 1 unspecified atom stereocenters. The third kappa shape index (κ3) is 3.45. The Bertz CT molecular complexity index is 599. The number of H-pyrrole nitrogens is 1. The highest BCUT2D eigenvalue weighted by Gasteiger charge is 2.20. The zero-order chi connectivity index (χ0) is 14.5. The van der Waals surface area contributed by atoms with Gasteiger partial charge >= 0.3 is 0 Å². The number of amides is 1. The Morgan fingerprint density at radius 1 is 1.33 bits per heavy atom. The molecular weight excluding hydrogens is 262 g/mol. The number of hydrogen-bond acceptors (Lipinski definition) is 2. The molecule has 0 bridgehead atoms. The summed E-state index contributed by atoms with van der Waals surface area (Å²) >= 11 is 0. The van der Waals surface area contributed by atoms with E-state index in [1.165, 1.54) is 16.5 Å². The van der Waals surface area contributed by atoms with Gasteiger partial charge in [-0.25, -0.2) is 0 Å². The standard InChI is InChI=1S/C17H23N3O/c21-17(14-6-3-9-18-11-14)19-10-4-5-13-12-20-16-8-2-1-7-15(13)16/h1-2,7-8,12,14,18,20H,3-6,9-11H2,(H,19,21). The Morgan fingerprint density at radius 3 is 3.10 bits per heavy atom. The molecule has 1 aromatic heterocycles. The van der Waals surface area contributed by atoms with Gasteiger partial charge in [0.2, 0.25) is 5.91 Å². The Labute approximate surface area is 125 Å². The van der Waals surface area contributed by atoms with E-state index < -0.39 is 0 Å². The molecule has 1 saturated heterocycles. The maximum Gasteiger partial charge on any atom is 0.224 e. The molecule has 1 aliphatic heterocycles. The Hall–Kier alpha value is -1.81. The number of carbonyl (C=O) groups excluding carboxylic acids is 1. The van der Waals surface area contributed by atoms with Crippen molar-refractivity contribution in [2.75, 3.05) is 19.6 Å². The monoisotopic (exact) mass is 285 g/mol. The third-order valence-corrected chi connectivity index (χ3v) is 4.26. The summed E-state index contributed by atoms with van der Waals surface area (Å²) in [6.07, 6.45) is 6.17. The van der Waals surface area contributed by atoms with E-state index in [2.05, 4.69) is 40.0 Å². The van der Waals surface area contributed by atoms with Gasteiger partial charge in [-0.15, -0.1) is 0 Å². The number of aryl methyl sites for hydroxylation is 1. The minimum atomic E-state index is 0.159. The van der Waals surface area contributed by atoms with Crippen molar-refractivity contribution in [2.45, 2.75) is 25.7 Å². The minimum Gasteiger partial charge on any atom is -0.361 e. The van der Waals surface area contributed by atoms with Crippen LogP contribution < -0.4 is 10.6 Å². The zero-order valence-electron chi connectivity index (χ0n) is 12.3. The van der Waals surface area contributed by atoms with Gasteiger partial charge in [0.05, 0.1) is 5.92 Å². The quantitative estimate of drug-likeness (QED) is 0.738. The van der Waals surface area contributed by atoms with Crippen LogP contribution in [0.3, 0.4) is 0 Å². The van der Waals surface area contributed by atoms with E-state index in [0.29, 0.717) is 0 Å². The van der Waals surface area contributed by atoms with E-state index in [-0.39, 0.29) is 11.8 Å². The van der Waals surface area contributed by atoms with E-state index in [4.69, 9.17) is 0 Å². The first kappa shape index (κ1) is 14.1. The highest BCUT2D eigenvalue weighted by molar-refractivity contribution is 5.83. The molecule has 2 aromatic rings. The number of rotatable bonds is 5. The molecule has 1 amide bonds. The normalized spacial score (nSPS) is 18.8. The van der Waals surface area contributed by atoms with Crippen LogP contribution in [0.5, 0.6) is 0 Å². The molecule has 3 N–H and O–H groups in total. The largest absolute Gasteiger partial charge is 0.361 e. The number of aromatic nitrogens is 1. The van der Waals surface area contributed by atoms with Crippen LogP contribution in [0.15, 0.2) is 30.5 Å². The molecule has 1 atom stereocenters. The van der Waals surface area contributed by atoms with E-state index in [0.717, 1.165) is 45.3 Å². The predicted octanol–water partition coefficient (Wildman–Crippen LogP) is 2.22. The van der Waals surface area contributed by atoms with Gasteiger partial charge in [0, 0.05) is 30.2 Å². The number of para-hydroxylation sites is 1. The molecule has 0 saturated carbocycles. The highest BCUT2D eigenvalue weighted by Crippen LogP contribution is 2.18. The average Bonchev–Trinajstić information content (AvgIpc) is 2.95. The van der Waals surface area contributed by atoms with Crippen LogP contribution in [-0.2, 0) is 11.2 Å². The SMILES string of the molecule is O=C(NCCCc1c[nH]c2ccccc12)C1CCCNC1. The van der Waals surface area contributed by atoms with Crippen molar-refractivity contribution in [1.29, 1.82) is 0 Å². The highest BCUT2D eigenvalue weighted by atomic mass is 16.1. The first-order valence-electron chi connectivity index (χ1n) is 7.88. The number of aromatic amines is 1. The fourth-order valence-corrected chi connectivity index (χ4v) is 3.05. The molecule has 1 aliphatic rings. The Morgan fingerprint density at radius 2 is 2.24 bits per heavy atom. The lowest BCUT2D eigenvalue weighted by atomic mass is 9.99. The molecule has 1 aromatic carbocycles. The second kappa shape index (κ2) is 6.76. The van der Waals surface area contributed by atoms with Crippen molar-refractivity contribution < 1.29 is 4.79 Å². The van der Waals surface area contributed by atoms with Gasteiger partial charge in [-0.1, -0.05) is 18.2 Å². The Kier molecular flexibility index (Phi) is 4.55. The first-order valence-corrected chi connectivity index (χ1v) is 7.88. The summed E-state index contributed by atoms with van der Waals surface area (Å²) in [5.74, 6) is 0.368. The molecular formula is C17H23N3O. The van der Waals surface area contributed by atoms with Crippen molar-refractivity contribution in [3.8, 4) is 0 Å². The van der Waals surface area contributed by atoms with Crippen LogP contribution in [-0.4, -0.2) is 30.5 Å². The van der Waals surface area contributed by atoms with Crippen molar-refractivity contribution >= 4 is 16.8 Å². The van der Waals surface area contributed by atoms with Crippen LogP contribution in [0.2, 0.25) is 0 Å². The second-order valence-corrected chi connectivity index (χ2v) is 5.80. The molecule has 4 nitrogen and oxygen atoms in total. The molecule has 3 rings (SSSR count). The maximum atomic E-state index is 12.0. The molecule has 0 spiro atoms. The number of nitrogens with one attached hydrogen (secondary N) is 3. The molecule has 21 heavy (non-hydrogen) atoms. The van der Waals surface area contributed by atoms with Crippen molar-refractivity contribution in [3.63, 3.8) is 0 Å². The second-order valence-electron chi connectivity index (χ2n) is 5.80. The van der Waals surface area contributed by atoms with Crippen LogP contribution in [0.4, 0.5) is 0 Å². The van der Waals surface area contributed by atoms with E-state index in [1.807, 2.05) is 6.07 Å². The topological polar surface area (TPSA) is 56.9 Å². The summed E-state index contributed by atoms with van der Waals surface area (Å²) in [5.41, 5.74) is 2.52.